The van der Waals surface area contributed by atoms with Crippen LogP contribution in [0.1, 0.15) is 264 Å². The molecule has 722 valence electrons. The number of ether oxygens (including phenoxy) is 16. The van der Waals surface area contributed by atoms with E-state index in [1.54, 1.807) is 23.6 Å². The highest BCUT2D eigenvalue weighted by molar-refractivity contribution is 5.86. The number of ketones is 1. The van der Waals surface area contributed by atoms with Gasteiger partial charge in [0.25, 0.3) is 5.91 Å². The number of hydrogen-bond acceptors (Lipinski definition) is 34. The van der Waals surface area contributed by atoms with E-state index in [1.165, 1.54) is 41.5 Å². The van der Waals surface area contributed by atoms with Crippen LogP contribution in [-0.2, 0) is 162 Å². The first-order valence-corrected chi connectivity index (χ1v) is 44.2. The summed E-state index contributed by atoms with van der Waals surface area (Å²) in [6, 6.07) is -3.36. The number of Topliss-reactive ketones (excluding diaryl/α,β-unsaturated/α-hetero) is 1. The Balaban J connectivity index is 1.69. The number of unbranched alkanes of at least 4 members (excludes halogenated alkanes) is 13. The van der Waals surface area contributed by atoms with Crippen molar-refractivity contribution in [1.82, 2.24) is 36.4 Å². The lowest BCUT2D eigenvalue weighted by molar-refractivity contribution is -0.277. The second-order valence-electron chi connectivity index (χ2n) is 31.4. The second kappa shape index (κ2) is 62.6. The lowest BCUT2D eigenvalue weighted by Gasteiger charge is -2.44. The van der Waals surface area contributed by atoms with E-state index in [0.29, 0.717) is 116 Å². The average Bonchev–Trinajstić information content (AvgIpc) is 0.796. The molecule has 3 rings (SSSR count). The van der Waals surface area contributed by atoms with Crippen LogP contribution in [0.15, 0.2) is 0 Å². The Bertz CT molecular complexity index is 3510. The first-order valence-electron chi connectivity index (χ1n) is 44.2. The Morgan fingerprint density at radius 3 is 0.937 bits per heavy atom. The van der Waals surface area contributed by atoms with E-state index in [4.69, 9.17) is 75.8 Å². The van der Waals surface area contributed by atoms with Gasteiger partial charge >= 0.3 is 59.7 Å². The standard InChI is InChI=1S/C86H139N7O34/c1-15-65(106)39-40-73(110)124-66(16-2)83(111)93(46-35-42-88-71(108)37-27-21-18-24-32-48-113-85-75(90-54(4)95)81(122-63(13)104)78(119-60(10)101)68(126-85)51-116-57(7)98)44-30-29-43-92(72(109)38-28-22-19-25-33-49-114-86-76(91-55(5)96)82(123-64(14)105)79(120-61(11)102)69(127-86)52-117-58(8)99)45-34-41-87-70(107)36-26-20-17-23-31-47-112-84-74(89-53(3)94)80(121-62(12)103)77(118-59(9)100)67(125-84)50-115-56(6)97/h66-69,74-82,84-86H,15-52H2,1-14H3,(H,87,107)(H,88,108)(H,89,94)(H,90,95)(H,91,96)/t66?,67?,68?,69?,74?,75?,76?,77-,78-,79-,80+,81+,82+,84+,85+,86+/m0/s1. The molecule has 3 saturated heterocycles. The fraction of sp³-hybridized carbons (Fsp3) is 0.791. The smallest absolute Gasteiger partial charge is 0.307 e. The quantitative estimate of drug-likeness (QED) is 0.0316. The average molecular weight is 1820 g/mol. The minimum Gasteiger partial charge on any atom is -0.463 e. The molecule has 7 amide bonds. The van der Waals surface area contributed by atoms with Gasteiger partial charge in [-0.05, 0) is 70.6 Å². The molecule has 0 bridgehead atoms. The van der Waals surface area contributed by atoms with E-state index >= 15 is 0 Å². The number of carbonyl (C=O) groups excluding carboxylic acids is 18. The van der Waals surface area contributed by atoms with Gasteiger partial charge < -0.3 is 112 Å². The van der Waals surface area contributed by atoms with Crippen LogP contribution in [0.3, 0.4) is 0 Å². The molecule has 41 heteroatoms. The molecule has 0 aromatic rings. The van der Waals surface area contributed by atoms with Crippen LogP contribution in [-0.4, -0.2) is 294 Å². The first kappa shape index (κ1) is 112. The number of nitrogens with zero attached hydrogens (tertiary/aromatic N) is 2. The van der Waals surface area contributed by atoms with Crippen molar-refractivity contribution < 1.29 is 162 Å². The molecule has 5 N–H and O–H groups in total. The normalized spacial score (nSPS) is 22.0. The van der Waals surface area contributed by atoms with Crippen LogP contribution in [0.5, 0.6) is 0 Å². The van der Waals surface area contributed by atoms with Gasteiger partial charge in [-0.25, -0.2) is 0 Å². The predicted octanol–water partition coefficient (Wildman–Crippen LogP) is 4.56. The van der Waals surface area contributed by atoms with Crippen molar-refractivity contribution in [2.45, 2.75) is 362 Å². The van der Waals surface area contributed by atoms with Crippen molar-refractivity contribution in [2.75, 3.05) is 78.9 Å². The van der Waals surface area contributed by atoms with Gasteiger partial charge in [-0.15, -0.1) is 0 Å². The summed E-state index contributed by atoms with van der Waals surface area (Å²) in [6.45, 7) is 18.1. The molecule has 0 aliphatic carbocycles. The third-order valence-corrected chi connectivity index (χ3v) is 20.2. The minimum absolute atomic E-state index is 0.0424. The number of rotatable bonds is 62. The van der Waals surface area contributed by atoms with E-state index in [1.807, 2.05) is 0 Å². The molecule has 3 heterocycles. The van der Waals surface area contributed by atoms with Gasteiger partial charge in [0.05, 0.1) is 6.42 Å². The monoisotopic (exact) mass is 1810 g/mol. The van der Waals surface area contributed by atoms with Gasteiger partial charge in [-0.2, -0.15) is 0 Å². The van der Waals surface area contributed by atoms with Gasteiger partial charge in [-0.1, -0.05) is 71.6 Å². The third kappa shape index (κ3) is 46.8. The summed E-state index contributed by atoms with van der Waals surface area (Å²) in [4.78, 5) is 230. The second-order valence-corrected chi connectivity index (χ2v) is 31.4. The van der Waals surface area contributed by atoms with Crippen LogP contribution in [0.25, 0.3) is 0 Å². The molecule has 3 aliphatic rings. The summed E-state index contributed by atoms with van der Waals surface area (Å²) in [5.41, 5.74) is 0. The molecule has 41 nitrogen and oxygen atoms in total. The first-order chi connectivity index (χ1) is 60.3. The lowest BCUT2D eigenvalue weighted by Crippen LogP contribution is -2.66. The summed E-state index contributed by atoms with van der Waals surface area (Å²) in [5, 5.41) is 13.9. The van der Waals surface area contributed by atoms with E-state index in [0.717, 1.165) is 48.0 Å². The van der Waals surface area contributed by atoms with Gasteiger partial charge in [0.1, 0.15) is 62.0 Å². The Morgan fingerprint density at radius 1 is 0.323 bits per heavy atom. The van der Waals surface area contributed by atoms with Gasteiger partial charge in [0, 0.05) is 174 Å². The Hall–Kier alpha value is -9.58. The van der Waals surface area contributed by atoms with Crippen LogP contribution >= 0.6 is 0 Å². The van der Waals surface area contributed by atoms with Crippen molar-refractivity contribution >= 4 is 107 Å². The summed E-state index contributed by atoms with van der Waals surface area (Å²) in [5.74, 6) is -9.80. The van der Waals surface area contributed by atoms with E-state index < -0.39 is 188 Å². The van der Waals surface area contributed by atoms with Gasteiger partial charge in [0.15, 0.2) is 61.6 Å². The fourth-order valence-electron chi connectivity index (χ4n) is 14.4. The maximum atomic E-state index is 14.4. The van der Waals surface area contributed by atoms with Crippen LogP contribution in [0.4, 0.5) is 0 Å². The molecular weight excluding hydrogens is 1670 g/mol. The van der Waals surface area contributed by atoms with Crippen molar-refractivity contribution in [1.29, 1.82) is 0 Å². The molecule has 7 unspecified atom stereocenters. The molecule has 0 aromatic carbocycles. The summed E-state index contributed by atoms with van der Waals surface area (Å²) >= 11 is 0. The Kier molecular flexibility index (Phi) is 55.0. The van der Waals surface area contributed by atoms with E-state index in [2.05, 4.69) is 26.6 Å². The number of carbonyl (C=O) groups is 18. The SMILES string of the molecule is CCC(=O)CCC(=O)OC(CC)C(=O)N(CCCCN(CCCNC(=O)CCCCCCCO[C@@H]1OC(COC(C)=O)[C@H](OC(C)=O)[C@H](OC(C)=O)C1NC(C)=O)C(=O)CCCCCCCO[C@@H]1OC(COC(C)=O)[C@H](OC(C)=O)[C@H](OC(C)=O)C1NC(C)=O)CCCNC(=O)CCCCCCCO[C@@H]1OC(COC(C)=O)[C@H](OC(C)=O)[C@H](OC(C)=O)C1NC(C)=O. The van der Waals surface area contributed by atoms with Crippen molar-refractivity contribution in [2.24, 2.45) is 0 Å². The van der Waals surface area contributed by atoms with Crippen LogP contribution in [0, 0.1) is 0 Å². The van der Waals surface area contributed by atoms with Crippen LogP contribution < -0.4 is 26.6 Å². The van der Waals surface area contributed by atoms with Crippen molar-refractivity contribution in [3.63, 3.8) is 0 Å². The Morgan fingerprint density at radius 2 is 0.622 bits per heavy atom. The van der Waals surface area contributed by atoms with Gasteiger partial charge in [0.2, 0.25) is 35.4 Å². The predicted molar refractivity (Wildman–Crippen MR) is 445 cm³/mol. The zero-order valence-corrected chi connectivity index (χ0v) is 76.4. The highest BCUT2D eigenvalue weighted by Gasteiger charge is 2.54. The third-order valence-electron chi connectivity index (χ3n) is 20.2. The molecule has 0 radical (unpaired) electrons. The van der Waals surface area contributed by atoms with E-state index in [-0.39, 0.29) is 141 Å². The molecule has 3 fully saturated rings. The van der Waals surface area contributed by atoms with Crippen LogP contribution in [0.2, 0.25) is 0 Å². The highest BCUT2D eigenvalue weighted by Crippen LogP contribution is 2.32. The molecule has 0 saturated carbocycles. The van der Waals surface area contributed by atoms with Gasteiger partial charge in [-0.3, -0.25) is 86.3 Å². The summed E-state index contributed by atoms with van der Waals surface area (Å²) in [6.07, 6.45) is -4.27. The topological polar surface area (TPSA) is 522 Å². The zero-order chi connectivity index (χ0) is 94.5. The molecule has 0 spiro atoms. The van der Waals surface area contributed by atoms with E-state index in [9.17, 15) is 86.3 Å². The largest absolute Gasteiger partial charge is 0.463 e. The lowest BCUT2D eigenvalue weighted by atomic mass is 9.96. The number of esters is 10. The summed E-state index contributed by atoms with van der Waals surface area (Å²) in [7, 11) is 0. The zero-order valence-electron chi connectivity index (χ0n) is 76.4. The molecule has 3 aliphatic heterocycles. The number of nitrogens with one attached hydrogen (secondary N) is 5. The maximum absolute atomic E-state index is 14.4. The fourth-order valence-corrected chi connectivity index (χ4v) is 14.4. The molecular formula is C86H139N7O34. The molecule has 16 atom stereocenters. The minimum atomic E-state index is -1.29. The molecule has 0 aromatic heterocycles. The summed E-state index contributed by atoms with van der Waals surface area (Å²) < 4.78 is 90.8. The van der Waals surface area contributed by atoms with Crippen molar-refractivity contribution in [3.05, 3.63) is 0 Å². The number of amides is 7. The van der Waals surface area contributed by atoms with Crippen molar-refractivity contribution in [3.8, 4) is 0 Å². The maximum Gasteiger partial charge on any atom is 0.307 e. The molecule has 127 heavy (non-hydrogen) atoms. The Labute approximate surface area is 743 Å². The number of hydrogen-bond donors (Lipinski definition) is 5. The highest BCUT2D eigenvalue weighted by atomic mass is 16.7.